The number of carboxylic acids is 1. The fourth-order valence-corrected chi connectivity index (χ4v) is 1.74. The Kier molecular flexibility index (Phi) is 3.01. The second-order valence-corrected chi connectivity index (χ2v) is 3.93. The second kappa shape index (κ2) is 4.48. The van der Waals surface area contributed by atoms with Crippen LogP contribution in [0.4, 0.5) is 9.18 Å². The van der Waals surface area contributed by atoms with Crippen molar-refractivity contribution in [2.24, 2.45) is 0 Å². The van der Waals surface area contributed by atoms with Gasteiger partial charge in [0.05, 0.1) is 11.6 Å². The molecule has 2 amide bonds. The van der Waals surface area contributed by atoms with E-state index in [0.717, 1.165) is 4.90 Å². The maximum atomic E-state index is 12.8. The molecule has 6 heteroatoms. The second-order valence-electron chi connectivity index (χ2n) is 3.93. The van der Waals surface area contributed by atoms with E-state index in [9.17, 15) is 14.0 Å². The molecule has 1 aliphatic heterocycles. The summed E-state index contributed by atoms with van der Waals surface area (Å²) in [6, 6.07) is 4.16. The van der Waals surface area contributed by atoms with Crippen LogP contribution in [0.25, 0.3) is 0 Å². The van der Waals surface area contributed by atoms with Gasteiger partial charge in [0.25, 0.3) is 0 Å². The van der Waals surface area contributed by atoms with Crippen molar-refractivity contribution in [2.45, 2.75) is 6.04 Å². The van der Waals surface area contributed by atoms with Gasteiger partial charge in [-0.3, -0.25) is 0 Å². The molecule has 0 saturated heterocycles. The quantitative estimate of drug-likeness (QED) is 0.835. The molecular formula is C12H11FN2O3. The molecule has 0 saturated carbocycles. The van der Waals surface area contributed by atoms with Gasteiger partial charge < -0.3 is 15.3 Å². The third-order valence-electron chi connectivity index (χ3n) is 2.68. The summed E-state index contributed by atoms with van der Waals surface area (Å²) in [5, 5.41) is 11.7. The molecular weight excluding hydrogens is 239 g/mol. The highest BCUT2D eigenvalue weighted by atomic mass is 19.1. The van der Waals surface area contributed by atoms with Crippen LogP contribution in [0.3, 0.4) is 0 Å². The highest BCUT2D eigenvalue weighted by Crippen LogP contribution is 2.25. The Morgan fingerprint density at radius 2 is 2.00 bits per heavy atom. The minimum Gasteiger partial charge on any atom is -0.478 e. The number of amides is 2. The molecule has 2 rings (SSSR count). The lowest BCUT2D eigenvalue weighted by Crippen LogP contribution is -2.43. The van der Waals surface area contributed by atoms with E-state index in [0.29, 0.717) is 5.56 Å². The van der Waals surface area contributed by atoms with Crippen LogP contribution in [0.1, 0.15) is 11.6 Å². The number of hydrogen-bond acceptors (Lipinski definition) is 2. The number of hydrogen-bond donors (Lipinski definition) is 2. The van der Waals surface area contributed by atoms with E-state index in [4.69, 9.17) is 5.11 Å². The van der Waals surface area contributed by atoms with Gasteiger partial charge in [-0.1, -0.05) is 12.1 Å². The maximum Gasteiger partial charge on any atom is 0.335 e. The predicted octanol–water partition coefficient (Wildman–Crippen LogP) is 1.49. The molecule has 94 valence electrons. The van der Waals surface area contributed by atoms with Crippen molar-refractivity contribution in [1.82, 2.24) is 10.2 Å². The number of halogens is 1. The van der Waals surface area contributed by atoms with Gasteiger partial charge in [0.1, 0.15) is 5.82 Å². The molecule has 1 aromatic carbocycles. The fourth-order valence-electron chi connectivity index (χ4n) is 1.74. The lowest BCUT2D eigenvalue weighted by molar-refractivity contribution is -0.133. The van der Waals surface area contributed by atoms with Gasteiger partial charge in [0.2, 0.25) is 0 Å². The van der Waals surface area contributed by atoms with Gasteiger partial charge in [-0.2, -0.15) is 0 Å². The highest BCUT2D eigenvalue weighted by Gasteiger charge is 2.30. The van der Waals surface area contributed by atoms with E-state index in [1.807, 2.05) is 0 Å². The Hall–Kier alpha value is -2.37. The standard InChI is InChI=1S/C12H11FN2O3/c1-15-6-9(11(16)17)10(14-12(15)18)7-2-4-8(13)5-3-7/h2-6,10H,1H3,(H,14,18)(H,16,17). The number of aliphatic carboxylic acids is 1. The van der Waals surface area contributed by atoms with Crippen LogP contribution in [-0.2, 0) is 4.79 Å². The number of benzene rings is 1. The van der Waals surface area contributed by atoms with E-state index in [1.165, 1.54) is 37.5 Å². The molecule has 0 aromatic heterocycles. The third-order valence-corrected chi connectivity index (χ3v) is 2.68. The summed E-state index contributed by atoms with van der Waals surface area (Å²) in [5.74, 6) is -1.55. The zero-order valence-corrected chi connectivity index (χ0v) is 9.55. The van der Waals surface area contributed by atoms with Crippen LogP contribution >= 0.6 is 0 Å². The molecule has 1 heterocycles. The Bertz CT molecular complexity index is 525. The van der Waals surface area contributed by atoms with Crippen LogP contribution in [0.2, 0.25) is 0 Å². The molecule has 0 radical (unpaired) electrons. The van der Waals surface area contributed by atoms with Crippen molar-refractivity contribution < 1.29 is 19.1 Å². The average Bonchev–Trinajstić information content (AvgIpc) is 2.33. The number of urea groups is 1. The van der Waals surface area contributed by atoms with Gasteiger partial charge in [-0.05, 0) is 17.7 Å². The van der Waals surface area contributed by atoms with E-state index < -0.39 is 23.9 Å². The largest absolute Gasteiger partial charge is 0.478 e. The number of rotatable bonds is 2. The Morgan fingerprint density at radius 1 is 1.39 bits per heavy atom. The number of carboxylic acid groups (broad SMARTS) is 1. The van der Waals surface area contributed by atoms with Crippen LogP contribution < -0.4 is 5.32 Å². The molecule has 1 aromatic rings. The van der Waals surface area contributed by atoms with E-state index in [-0.39, 0.29) is 5.57 Å². The van der Waals surface area contributed by atoms with Crippen molar-refractivity contribution in [3.8, 4) is 0 Å². The number of nitrogens with zero attached hydrogens (tertiary/aromatic N) is 1. The van der Waals surface area contributed by atoms with Gasteiger partial charge in [-0.15, -0.1) is 0 Å². The zero-order valence-electron chi connectivity index (χ0n) is 9.55. The third kappa shape index (κ3) is 2.17. The lowest BCUT2D eigenvalue weighted by atomic mass is 9.98. The highest BCUT2D eigenvalue weighted by molar-refractivity contribution is 5.92. The summed E-state index contributed by atoms with van der Waals surface area (Å²) in [5.41, 5.74) is 0.551. The van der Waals surface area contributed by atoms with Crippen LogP contribution in [-0.4, -0.2) is 29.1 Å². The van der Waals surface area contributed by atoms with Crippen molar-refractivity contribution in [3.05, 3.63) is 47.4 Å². The Labute approximate surface area is 103 Å². The summed E-state index contributed by atoms with van der Waals surface area (Å²) in [7, 11) is 1.46. The summed E-state index contributed by atoms with van der Waals surface area (Å²) in [6.45, 7) is 0. The summed E-state index contributed by atoms with van der Waals surface area (Å²) >= 11 is 0. The normalized spacial score (nSPS) is 19.2. The molecule has 0 spiro atoms. The van der Waals surface area contributed by atoms with Crippen LogP contribution in [0.5, 0.6) is 0 Å². The molecule has 0 aliphatic carbocycles. The first-order valence-corrected chi connectivity index (χ1v) is 5.23. The monoisotopic (exact) mass is 250 g/mol. The minimum atomic E-state index is -1.13. The minimum absolute atomic E-state index is 0.0312. The summed E-state index contributed by atoms with van der Waals surface area (Å²) < 4.78 is 12.8. The maximum absolute atomic E-state index is 12.8. The first-order chi connectivity index (χ1) is 8.49. The predicted molar refractivity (Wildman–Crippen MR) is 61.2 cm³/mol. The Morgan fingerprint density at radius 3 is 2.56 bits per heavy atom. The van der Waals surface area contributed by atoms with Crippen molar-refractivity contribution >= 4 is 12.0 Å². The van der Waals surface area contributed by atoms with Crippen LogP contribution in [0.15, 0.2) is 36.0 Å². The zero-order chi connectivity index (χ0) is 13.3. The molecule has 18 heavy (non-hydrogen) atoms. The molecule has 1 atom stereocenters. The number of carbonyl (C=O) groups is 2. The first-order valence-electron chi connectivity index (χ1n) is 5.23. The van der Waals surface area contributed by atoms with E-state index >= 15 is 0 Å². The fraction of sp³-hybridized carbons (Fsp3) is 0.167. The average molecular weight is 250 g/mol. The summed E-state index contributed by atoms with van der Waals surface area (Å²) in [4.78, 5) is 23.8. The van der Waals surface area contributed by atoms with Crippen molar-refractivity contribution in [3.63, 3.8) is 0 Å². The van der Waals surface area contributed by atoms with E-state index in [1.54, 1.807) is 0 Å². The Balaban J connectivity index is 2.41. The molecule has 1 unspecified atom stereocenters. The van der Waals surface area contributed by atoms with Gasteiger partial charge in [0.15, 0.2) is 0 Å². The molecule has 0 fully saturated rings. The van der Waals surface area contributed by atoms with E-state index in [2.05, 4.69) is 5.32 Å². The lowest BCUT2D eigenvalue weighted by Gasteiger charge is -2.28. The number of carbonyl (C=O) groups excluding carboxylic acids is 1. The van der Waals surface area contributed by atoms with Gasteiger partial charge >= 0.3 is 12.0 Å². The topological polar surface area (TPSA) is 69.6 Å². The van der Waals surface area contributed by atoms with Crippen LogP contribution in [0, 0.1) is 5.82 Å². The van der Waals surface area contributed by atoms with Crippen molar-refractivity contribution in [1.29, 1.82) is 0 Å². The van der Waals surface area contributed by atoms with Gasteiger partial charge in [-0.25, -0.2) is 14.0 Å². The molecule has 0 bridgehead atoms. The van der Waals surface area contributed by atoms with Crippen molar-refractivity contribution in [2.75, 3.05) is 7.05 Å². The molecule has 5 nitrogen and oxygen atoms in total. The molecule has 1 aliphatic rings. The van der Waals surface area contributed by atoms with Gasteiger partial charge in [0, 0.05) is 13.2 Å². The smallest absolute Gasteiger partial charge is 0.335 e. The molecule has 2 N–H and O–H groups in total. The summed E-state index contributed by atoms with van der Waals surface area (Å²) in [6.07, 6.45) is 1.26. The number of nitrogens with one attached hydrogen (secondary N) is 1. The first kappa shape index (κ1) is 12.1. The SMILES string of the molecule is CN1C=C(C(=O)O)C(c2ccc(F)cc2)NC1=O.